The molecule has 134 valence electrons. The van der Waals surface area contributed by atoms with E-state index >= 15 is 0 Å². The SMILES string of the molecule is C[C@]12CC[C@@H]3C(=O)[C@H](C[C@@H](O)CCC(=O)O)CC[C@H]3[C@@H]1CCC2=O. The maximum atomic E-state index is 12.9. The number of hydrogen-bond donors (Lipinski definition) is 2. The fraction of sp³-hybridized carbons (Fsp3) is 0.842. The Morgan fingerprint density at radius 2 is 2.00 bits per heavy atom. The van der Waals surface area contributed by atoms with E-state index in [-0.39, 0.29) is 35.9 Å². The largest absolute Gasteiger partial charge is 0.481 e. The van der Waals surface area contributed by atoms with Crippen molar-refractivity contribution in [2.24, 2.45) is 29.1 Å². The topological polar surface area (TPSA) is 91.7 Å². The highest BCUT2D eigenvalue weighted by molar-refractivity contribution is 5.89. The van der Waals surface area contributed by atoms with Crippen LogP contribution in [0.25, 0.3) is 0 Å². The smallest absolute Gasteiger partial charge is 0.303 e. The molecule has 3 aliphatic carbocycles. The summed E-state index contributed by atoms with van der Waals surface area (Å²) >= 11 is 0. The molecule has 0 bridgehead atoms. The molecule has 0 spiro atoms. The molecule has 3 saturated carbocycles. The summed E-state index contributed by atoms with van der Waals surface area (Å²) in [5.74, 6) is 0.296. The van der Waals surface area contributed by atoms with E-state index in [0.717, 1.165) is 32.1 Å². The van der Waals surface area contributed by atoms with Gasteiger partial charge in [0.15, 0.2) is 0 Å². The summed E-state index contributed by atoms with van der Waals surface area (Å²) in [4.78, 5) is 35.8. The first-order valence-electron chi connectivity index (χ1n) is 9.30. The third kappa shape index (κ3) is 3.03. The lowest BCUT2D eigenvalue weighted by Crippen LogP contribution is -2.48. The van der Waals surface area contributed by atoms with Crippen LogP contribution in [0.3, 0.4) is 0 Å². The summed E-state index contributed by atoms with van der Waals surface area (Å²) < 4.78 is 0. The lowest BCUT2D eigenvalue weighted by atomic mass is 9.54. The van der Waals surface area contributed by atoms with Gasteiger partial charge in [0.2, 0.25) is 0 Å². The van der Waals surface area contributed by atoms with Gasteiger partial charge in [0.25, 0.3) is 0 Å². The minimum absolute atomic E-state index is 0.0411. The van der Waals surface area contributed by atoms with Crippen molar-refractivity contribution in [1.82, 2.24) is 0 Å². The fourth-order valence-corrected chi connectivity index (χ4v) is 5.62. The van der Waals surface area contributed by atoms with Crippen molar-refractivity contribution in [3.63, 3.8) is 0 Å². The molecule has 0 aliphatic heterocycles. The zero-order valence-electron chi connectivity index (χ0n) is 14.4. The number of carboxylic acids is 1. The van der Waals surface area contributed by atoms with Gasteiger partial charge in [0, 0.05) is 30.1 Å². The molecular weight excluding hydrogens is 308 g/mol. The minimum Gasteiger partial charge on any atom is -0.481 e. The molecule has 0 aromatic carbocycles. The van der Waals surface area contributed by atoms with Crippen LogP contribution in [0.1, 0.15) is 64.7 Å². The molecule has 0 amide bonds. The van der Waals surface area contributed by atoms with E-state index in [1.165, 1.54) is 0 Å². The van der Waals surface area contributed by atoms with Gasteiger partial charge in [0.05, 0.1) is 6.10 Å². The van der Waals surface area contributed by atoms with Gasteiger partial charge >= 0.3 is 5.97 Å². The molecule has 5 heteroatoms. The summed E-state index contributed by atoms with van der Waals surface area (Å²) in [5, 5.41) is 18.7. The van der Waals surface area contributed by atoms with Crippen LogP contribution < -0.4 is 0 Å². The lowest BCUT2D eigenvalue weighted by Gasteiger charge is -2.48. The Bertz CT molecular complexity index is 542. The Hall–Kier alpha value is -1.23. The van der Waals surface area contributed by atoms with Crippen LogP contribution in [0.2, 0.25) is 0 Å². The maximum Gasteiger partial charge on any atom is 0.303 e. The number of carbonyl (C=O) groups excluding carboxylic acids is 2. The van der Waals surface area contributed by atoms with Gasteiger partial charge in [-0.2, -0.15) is 0 Å². The number of Topliss-reactive ketones (excluding diaryl/α,β-unsaturated/α-hetero) is 2. The second-order valence-electron chi connectivity index (χ2n) is 8.29. The molecule has 3 fully saturated rings. The van der Waals surface area contributed by atoms with E-state index in [9.17, 15) is 19.5 Å². The molecule has 0 radical (unpaired) electrons. The highest BCUT2D eigenvalue weighted by Gasteiger charge is 2.56. The van der Waals surface area contributed by atoms with Gasteiger partial charge in [-0.1, -0.05) is 6.92 Å². The van der Waals surface area contributed by atoms with Gasteiger partial charge in [0.1, 0.15) is 11.6 Å². The van der Waals surface area contributed by atoms with Crippen LogP contribution in [-0.4, -0.2) is 33.9 Å². The minimum atomic E-state index is -0.915. The molecule has 0 aromatic rings. The average molecular weight is 336 g/mol. The standard InChI is InChI=1S/C19H28O5/c1-19-9-8-14-13(15(19)5-6-16(19)21)4-2-11(18(14)24)10-12(20)3-7-17(22)23/h11-15,20H,2-10H2,1H3,(H,22,23)/t11-,12-,13+,14-,15-,19-/m0/s1. The maximum absolute atomic E-state index is 12.9. The predicted octanol–water partition coefficient (Wildman–Crippen LogP) is 2.59. The Morgan fingerprint density at radius 1 is 1.25 bits per heavy atom. The molecule has 5 nitrogen and oxygen atoms in total. The molecule has 0 unspecified atom stereocenters. The zero-order chi connectivity index (χ0) is 17.5. The number of carbonyl (C=O) groups is 3. The Morgan fingerprint density at radius 3 is 2.71 bits per heavy atom. The van der Waals surface area contributed by atoms with Gasteiger partial charge in [-0.3, -0.25) is 14.4 Å². The number of fused-ring (bicyclic) bond motifs is 3. The van der Waals surface area contributed by atoms with Crippen LogP contribution in [0.15, 0.2) is 0 Å². The number of aliphatic carboxylic acids is 1. The van der Waals surface area contributed by atoms with E-state index in [4.69, 9.17) is 5.11 Å². The van der Waals surface area contributed by atoms with Crippen LogP contribution in [-0.2, 0) is 14.4 Å². The van der Waals surface area contributed by atoms with Crippen molar-refractivity contribution in [2.75, 3.05) is 0 Å². The first-order chi connectivity index (χ1) is 11.3. The van der Waals surface area contributed by atoms with Crippen molar-refractivity contribution in [1.29, 1.82) is 0 Å². The number of rotatable bonds is 5. The van der Waals surface area contributed by atoms with Gasteiger partial charge in [-0.05, 0) is 56.8 Å². The summed E-state index contributed by atoms with van der Waals surface area (Å²) in [5.41, 5.74) is -0.213. The molecule has 3 rings (SSSR count). The van der Waals surface area contributed by atoms with E-state index in [1.807, 2.05) is 0 Å². The molecule has 6 atom stereocenters. The van der Waals surface area contributed by atoms with Crippen LogP contribution in [0.5, 0.6) is 0 Å². The molecule has 0 aromatic heterocycles. The zero-order valence-corrected chi connectivity index (χ0v) is 14.4. The Kier molecular flexibility index (Phi) is 4.82. The molecule has 24 heavy (non-hydrogen) atoms. The van der Waals surface area contributed by atoms with Crippen molar-refractivity contribution < 1.29 is 24.6 Å². The number of aliphatic hydroxyl groups is 1. The summed E-state index contributed by atoms with van der Waals surface area (Å²) in [6.07, 6.45) is 4.75. The van der Waals surface area contributed by atoms with Gasteiger partial charge in [-0.15, -0.1) is 0 Å². The number of ketones is 2. The van der Waals surface area contributed by atoms with Crippen molar-refractivity contribution >= 4 is 17.5 Å². The van der Waals surface area contributed by atoms with Crippen LogP contribution >= 0.6 is 0 Å². The summed E-state index contributed by atoms with van der Waals surface area (Å²) in [6, 6.07) is 0. The first-order valence-corrected chi connectivity index (χ1v) is 9.30. The highest BCUT2D eigenvalue weighted by atomic mass is 16.4. The molecule has 3 aliphatic rings. The van der Waals surface area contributed by atoms with Gasteiger partial charge < -0.3 is 10.2 Å². The van der Waals surface area contributed by atoms with Crippen molar-refractivity contribution in [3.05, 3.63) is 0 Å². The van der Waals surface area contributed by atoms with E-state index in [1.54, 1.807) is 0 Å². The van der Waals surface area contributed by atoms with Crippen molar-refractivity contribution in [2.45, 2.75) is 70.8 Å². The Balaban J connectivity index is 1.63. The van der Waals surface area contributed by atoms with Crippen molar-refractivity contribution in [3.8, 4) is 0 Å². The Labute approximate surface area is 142 Å². The predicted molar refractivity (Wildman–Crippen MR) is 87.3 cm³/mol. The third-order valence-corrected chi connectivity index (χ3v) is 7.01. The number of carboxylic acid groups (broad SMARTS) is 1. The van der Waals surface area contributed by atoms with Crippen LogP contribution in [0.4, 0.5) is 0 Å². The number of hydrogen-bond acceptors (Lipinski definition) is 4. The highest BCUT2D eigenvalue weighted by Crippen LogP contribution is 2.57. The monoisotopic (exact) mass is 336 g/mol. The van der Waals surface area contributed by atoms with Gasteiger partial charge in [-0.25, -0.2) is 0 Å². The first kappa shape index (κ1) is 17.6. The second kappa shape index (κ2) is 6.58. The fourth-order valence-electron chi connectivity index (χ4n) is 5.62. The normalized spacial score (nSPS) is 40.1. The molecule has 0 heterocycles. The lowest BCUT2D eigenvalue weighted by molar-refractivity contribution is -0.143. The number of aliphatic hydroxyl groups excluding tert-OH is 1. The summed E-state index contributed by atoms with van der Waals surface area (Å²) in [6.45, 7) is 2.09. The van der Waals surface area contributed by atoms with E-state index < -0.39 is 12.1 Å². The van der Waals surface area contributed by atoms with E-state index in [0.29, 0.717) is 30.5 Å². The molecule has 0 saturated heterocycles. The average Bonchev–Trinajstić information content (AvgIpc) is 2.84. The van der Waals surface area contributed by atoms with E-state index in [2.05, 4.69) is 6.92 Å². The van der Waals surface area contributed by atoms with Crippen LogP contribution in [0, 0.1) is 29.1 Å². The second-order valence-corrected chi connectivity index (χ2v) is 8.29. The quantitative estimate of drug-likeness (QED) is 0.805. The third-order valence-electron chi connectivity index (χ3n) is 7.01. The molecule has 2 N–H and O–H groups in total. The summed E-state index contributed by atoms with van der Waals surface area (Å²) in [7, 11) is 0. The molecular formula is C19H28O5.